The molecule has 0 saturated heterocycles. The number of hydrogen-bond acceptors (Lipinski definition) is 6. The molecule has 0 radical (unpaired) electrons. The van der Waals surface area contributed by atoms with Gasteiger partial charge in [0, 0.05) is 54.2 Å². The van der Waals surface area contributed by atoms with E-state index in [1.54, 1.807) is 24.8 Å². The zero-order valence-electron chi connectivity index (χ0n) is 24.8. The van der Waals surface area contributed by atoms with Crippen molar-refractivity contribution >= 4 is 32.8 Å². The summed E-state index contributed by atoms with van der Waals surface area (Å²) in [5.41, 5.74) is 7.39. The first-order chi connectivity index (χ1) is 19.1. The summed E-state index contributed by atoms with van der Waals surface area (Å²) in [5, 5.41) is 2.26. The maximum Gasteiger partial charge on any atom is 0.0889 e. The molecule has 6 aromatic heterocycles. The molecule has 0 N–H and O–H groups in total. The van der Waals surface area contributed by atoms with Crippen molar-refractivity contribution in [3.8, 4) is 0 Å². The summed E-state index contributed by atoms with van der Waals surface area (Å²) >= 11 is 0. The van der Waals surface area contributed by atoms with Crippen LogP contribution in [0.15, 0.2) is 92.0 Å². The topological polar surface area (TPSA) is 77.3 Å². The number of pyridine rings is 6. The van der Waals surface area contributed by atoms with Crippen molar-refractivity contribution in [3.63, 3.8) is 0 Å². The average molecular weight is 523 g/mol. The molecule has 6 aromatic rings. The molecule has 0 aromatic carbocycles. The maximum absolute atomic E-state index is 4.24. The van der Waals surface area contributed by atoms with E-state index >= 15 is 0 Å². The van der Waals surface area contributed by atoms with Crippen molar-refractivity contribution < 1.29 is 0 Å². The maximum atomic E-state index is 4.24. The van der Waals surface area contributed by atoms with E-state index in [-0.39, 0.29) is 0 Å². The smallest absolute Gasteiger partial charge is 0.0889 e. The molecule has 0 aliphatic rings. The molecular formula is C33H42N6. The van der Waals surface area contributed by atoms with Crippen LogP contribution in [0, 0.1) is 20.8 Å². The van der Waals surface area contributed by atoms with Crippen molar-refractivity contribution in [2.24, 2.45) is 0 Å². The average Bonchev–Trinajstić information content (AvgIpc) is 3.00. The molecular weight excluding hydrogens is 480 g/mol. The van der Waals surface area contributed by atoms with Crippen LogP contribution in [0.3, 0.4) is 0 Å². The van der Waals surface area contributed by atoms with E-state index in [0.29, 0.717) is 0 Å². The van der Waals surface area contributed by atoms with Gasteiger partial charge < -0.3 is 0 Å². The third-order valence-corrected chi connectivity index (χ3v) is 4.83. The third kappa shape index (κ3) is 10.9. The van der Waals surface area contributed by atoms with Crippen LogP contribution >= 0.6 is 0 Å². The summed E-state index contributed by atoms with van der Waals surface area (Å²) in [6.07, 6.45) is 14.5. The molecule has 6 heteroatoms. The minimum absolute atomic E-state index is 0.957. The van der Waals surface area contributed by atoms with Gasteiger partial charge in [-0.15, -0.1) is 0 Å². The number of fused-ring (bicyclic) bond motifs is 3. The van der Waals surface area contributed by atoms with E-state index in [1.807, 2.05) is 117 Å². The van der Waals surface area contributed by atoms with Crippen LogP contribution in [0.25, 0.3) is 32.8 Å². The molecule has 0 bridgehead atoms. The third-order valence-electron chi connectivity index (χ3n) is 4.83. The first-order valence-corrected chi connectivity index (χ1v) is 13.6. The molecule has 6 nitrogen and oxygen atoms in total. The van der Waals surface area contributed by atoms with E-state index < -0.39 is 0 Å². The van der Waals surface area contributed by atoms with E-state index in [4.69, 9.17) is 0 Å². The Balaban J connectivity index is 0.000000267. The largest absolute Gasteiger partial charge is 0.264 e. The molecule has 0 atom stereocenters. The lowest BCUT2D eigenvalue weighted by molar-refractivity contribution is 1.28. The first kappa shape index (κ1) is 32.7. The van der Waals surface area contributed by atoms with Crippen molar-refractivity contribution in [2.75, 3.05) is 0 Å². The Morgan fingerprint density at radius 3 is 1.64 bits per heavy atom. The summed E-state index contributed by atoms with van der Waals surface area (Å²) in [5.74, 6) is 0. The zero-order chi connectivity index (χ0) is 29.0. The summed E-state index contributed by atoms with van der Waals surface area (Å²) < 4.78 is 0. The van der Waals surface area contributed by atoms with Gasteiger partial charge in [-0.05, 0) is 79.9 Å². The Bertz CT molecular complexity index is 1330. The van der Waals surface area contributed by atoms with Crippen LogP contribution in [-0.4, -0.2) is 29.9 Å². The summed E-state index contributed by atoms with van der Waals surface area (Å²) in [4.78, 5) is 24.9. The minimum Gasteiger partial charge on any atom is -0.264 e. The van der Waals surface area contributed by atoms with Crippen LogP contribution in [0.5, 0.6) is 0 Å². The summed E-state index contributed by atoms with van der Waals surface area (Å²) in [6, 6.07) is 13.9. The van der Waals surface area contributed by atoms with E-state index in [2.05, 4.69) is 42.0 Å². The van der Waals surface area contributed by atoms with Gasteiger partial charge in [-0.25, -0.2) is 0 Å². The van der Waals surface area contributed by atoms with Crippen molar-refractivity contribution in [1.29, 1.82) is 0 Å². The number of nitrogens with zero attached hydrogens (tertiary/aromatic N) is 6. The van der Waals surface area contributed by atoms with Crippen molar-refractivity contribution in [1.82, 2.24) is 29.9 Å². The van der Waals surface area contributed by atoms with Crippen LogP contribution in [-0.2, 0) is 0 Å². The Kier molecular flexibility index (Phi) is 15.8. The monoisotopic (exact) mass is 522 g/mol. The lowest BCUT2D eigenvalue weighted by Crippen LogP contribution is -1.82. The van der Waals surface area contributed by atoms with Crippen molar-refractivity contribution in [2.45, 2.75) is 62.3 Å². The predicted octanol–water partition coefficient (Wildman–Crippen LogP) is 8.89. The number of aromatic nitrogens is 6. The normalized spacial score (nSPS) is 9.15. The highest BCUT2D eigenvalue weighted by Gasteiger charge is 1.94. The molecule has 0 spiro atoms. The first-order valence-electron chi connectivity index (χ1n) is 13.6. The quantitative estimate of drug-likeness (QED) is 0.198. The van der Waals surface area contributed by atoms with Crippen LogP contribution in [0.1, 0.15) is 58.2 Å². The number of aryl methyl sites for hydroxylation is 3. The van der Waals surface area contributed by atoms with Gasteiger partial charge in [-0.2, -0.15) is 0 Å². The second kappa shape index (κ2) is 18.9. The Morgan fingerprint density at radius 2 is 0.949 bits per heavy atom. The van der Waals surface area contributed by atoms with Gasteiger partial charge in [0.15, 0.2) is 0 Å². The van der Waals surface area contributed by atoms with E-state index in [1.165, 1.54) is 11.1 Å². The molecule has 0 unspecified atom stereocenters. The van der Waals surface area contributed by atoms with Gasteiger partial charge in [0.2, 0.25) is 0 Å². The number of rotatable bonds is 0. The van der Waals surface area contributed by atoms with Gasteiger partial charge >= 0.3 is 0 Å². The fourth-order valence-electron chi connectivity index (χ4n) is 3.22. The van der Waals surface area contributed by atoms with Gasteiger partial charge in [-0.3, -0.25) is 29.9 Å². The molecule has 0 aliphatic carbocycles. The fraction of sp³-hybridized carbons (Fsp3) is 0.273. The molecule has 39 heavy (non-hydrogen) atoms. The predicted molar refractivity (Wildman–Crippen MR) is 167 cm³/mol. The zero-order valence-corrected chi connectivity index (χ0v) is 24.8. The van der Waals surface area contributed by atoms with E-state index in [9.17, 15) is 0 Å². The standard InChI is InChI=1S/3C9H8N2.3C2H6/c1-7-4-8-6-10-3-2-9(8)11-5-7;1-7-4-8-2-3-10-6-9(8)11-5-7;1-7-5-9-8(11-6-7)3-2-4-10-9;3*1-2/h3*2-6H,1H3;3*1-2H3. The molecule has 0 saturated carbocycles. The lowest BCUT2D eigenvalue weighted by Gasteiger charge is -1.95. The molecule has 204 valence electrons. The summed E-state index contributed by atoms with van der Waals surface area (Å²) in [7, 11) is 0. The second-order valence-corrected chi connectivity index (χ2v) is 7.72. The SMILES string of the molecule is CC.CC.CC.Cc1cnc2cccnc2c1.Cc1cnc2ccncc2c1.Cc1cnc2cnccc2c1. The Hall–Kier alpha value is -4.32. The Morgan fingerprint density at radius 1 is 0.410 bits per heavy atom. The minimum atomic E-state index is 0.957. The molecule has 0 fully saturated rings. The molecule has 0 amide bonds. The van der Waals surface area contributed by atoms with Crippen LogP contribution in [0.2, 0.25) is 0 Å². The van der Waals surface area contributed by atoms with Crippen LogP contribution in [0.4, 0.5) is 0 Å². The van der Waals surface area contributed by atoms with Gasteiger partial charge in [0.05, 0.1) is 28.3 Å². The highest BCUT2D eigenvalue weighted by Crippen LogP contribution is 2.11. The van der Waals surface area contributed by atoms with E-state index in [0.717, 1.165) is 38.4 Å². The van der Waals surface area contributed by atoms with Gasteiger partial charge in [-0.1, -0.05) is 41.5 Å². The van der Waals surface area contributed by atoms with Gasteiger partial charge in [0.25, 0.3) is 0 Å². The molecule has 0 aliphatic heterocycles. The summed E-state index contributed by atoms with van der Waals surface area (Å²) in [6.45, 7) is 18.1. The lowest BCUT2D eigenvalue weighted by atomic mass is 10.2. The van der Waals surface area contributed by atoms with Crippen molar-refractivity contribution in [3.05, 3.63) is 109 Å². The van der Waals surface area contributed by atoms with Gasteiger partial charge in [0.1, 0.15) is 0 Å². The fourth-order valence-corrected chi connectivity index (χ4v) is 3.22. The molecule has 6 rings (SSSR count). The highest BCUT2D eigenvalue weighted by molar-refractivity contribution is 5.78. The Labute approximate surface area is 233 Å². The number of hydrogen-bond donors (Lipinski definition) is 0. The second-order valence-electron chi connectivity index (χ2n) is 7.72. The molecule has 6 heterocycles. The van der Waals surface area contributed by atoms with Crippen LogP contribution < -0.4 is 0 Å². The highest BCUT2D eigenvalue weighted by atomic mass is 14.7.